The second kappa shape index (κ2) is 39.7. The highest BCUT2D eigenvalue weighted by molar-refractivity contribution is 7.47. The summed E-state index contributed by atoms with van der Waals surface area (Å²) in [6.07, 6.45) is 46.4. The van der Waals surface area contributed by atoms with Crippen molar-refractivity contribution in [2.75, 3.05) is 19.8 Å². The lowest BCUT2D eigenvalue weighted by Gasteiger charge is -2.18. The molecule has 0 aromatic carbocycles. The summed E-state index contributed by atoms with van der Waals surface area (Å²) in [5.74, 6) is -2.44. The van der Waals surface area contributed by atoms with E-state index in [0.717, 1.165) is 70.6 Å². The zero-order valence-corrected chi connectivity index (χ0v) is 36.0. The molecule has 0 heterocycles. The summed E-state index contributed by atoms with van der Waals surface area (Å²) in [6, 6.07) is -1.57. The van der Waals surface area contributed by atoms with Crippen molar-refractivity contribution >= 4 is 25.7 Å². The van der Waals surface area contributed by atoms with Gasteiger partial charge in [-0.25, -0.2) is 9.36 Å². The van der Waals surface area contributed by atoms with Gasteiger partial charge in [-0.05, 0) is 64.2 Å². The minimum Gasteiger partial charge on any atom is -0.480 e. The molecule has 0 saturated carbocycles. The molecule has 0 bridgehead atoms. The largest absolute Gasteiger partial charge is 0.480 e. The van der Waals surface area contributed by atoms with Crippen molar-refractivity contribution in [1.29, 1.82) is 0 Å². The Balaban J connectivity index is 4.02. The van der Waals surface area contributed by atoms with Crippen molar-refractivity contribution in [2.45, 2.75) is 174 Å². The third-order valence-corrected chi connectivity index (χ3v) is 9.71. The molecule has 0 aromatic rings. The average Bonchev–Trinajstić information content (AvgIpc) is 3.18. The molecule has 12 heteroatoms. The number of aliphatic carboxylic acids is 1. The second-order valence-corrected chi connectivity index (χ2v) is 15.6. The first-order valence-electron chi connectivity index (χ1n) is 21.5. The van der Waals surface area contributed by atoms with E-state index in [1.807, 2.05) is 6.08 Å². The van der Waals surface area contributed by atoms with Gasteiger partial charge in [0.15, 0.2) is 6.04 Å². The lowest BCUT2D eigenvalue weighted by molar-refractivity contribution is -0.147. The number of carboxylic acids is 1. The Hall–Kier alpha value is -3.08. The molecule has 0 fully saturated rings. The summed E-state index contributed by atoms with van der Waals surface area (Å²) in [7, 11) is -4.77. The van der Waals surface area contributed by atoms with Crippen LogP contribution in [0.3, 0.4) is 0 Å². The molecule has 0 saturated heterocycles. The molecular weight excluding hydrogens is 745 g/mol. The molecule has 0 radical (unpaired) electrons. The van der Waals surface area contributed by atoms with Crippen LogP contribution < -0.4 is 5.32 Å². The van der Waals surface area contributed by atoms with E-state index in [9.17, 15) is 34.1 Å². The molecule has 3 atom stereocenters. The maximum absolute atomic E-state index is 12.3. The number of phosphoric acid groups is 1. The Morgan fingerprint density at radius 3 is 1.51 bits per heavy atom. The van der Waals surface area contributed by atoms with E-state index in [1.165, 1.54) is 51.4 Å². The first-order chi connectivity index (χ1) is 27.6. The number of carbonyl (C=O) groups is 3. The number of allylic oxidation sites excluding steroid dienone is 12. The first-order valence-corrected chi connectivity index (χ1v) is 23.0. The normalized spacial score (nSPS) is 14.5. The highest BCUT2D eigenvalue weighted by atomic mass is 31.2. The van der Waals surface area contributed by atoms with Crippen LogP contribution in [0.2, 0.25) is 0 Å². The number of rotatable bonds is 39. The van der Waals surface area contributed by atoms with E-state index in [-0.39, 0.29) is 12.8 Å². The van der Waals surface area contributed by atoms with Gasteiger partial charge in [-0.3, -0.25) is 18.6 Å². The highest BCUT2D eigenvalue weighted by Crippen LogP contribution is 2.43. The number of aliphatic hydroxyl groups excluding tert-OH is 1. The van der Waals surface area contributed by atoms with Crippen LogP contribution in [-0.4, -0.2) is 64.9 Å². The monoisotopic (exact) mass is 822 g/mol. The number of aliphatic hydroxyl groups is 1. The number of amides is 1. The number of hydrogen-bond donors (Lipinski definition) is 4. The van der Waals surface area contributed by atoms with Crippen LogP contribution in [0.4, 0.5) is 0 Å². The fraction of sp³-hybridized carbons (Fsp3) is 0.667. The fourth-order valence-corrected chi connectivity index (χ4v) is 6.21. The van der Waals surface area contributed by atoms with Gasteiger partial charge in [0.05, 0.1) is 13.2 Å². The van der Waals surface area contributed by atoms with Gasteiger partial charge in [-0.1, -0.05) is 157 Å². The maximum Gasteiger partial charge on any atom is 0.472 e. The molecule has 0 spiro atoms. The number of unbranched alkanes of at least 4 members (excludes halogenated alkanes) is 13. The van der Waals surface area contributed by atoms with Gasteiger partial charge < -0.3 is 25.2 Å². The quantitative estimate of drug-likeness (QED) is 0.0203. The number of phosphoric ester groups is 1. The van der Waals surface area contributed by atoms with E-state index in [0.29, 0.717) is 12.8 Å². The number of nitrogens with one attached hydrogen (secondary N) is 1. The number of esters is 1. The summed E-state index contributed by atoms with van der Waals surface area (Å²) in [5, 5.41) is 21.8. The average molecular weight is 822 g/mol. The number of carboxylic acid groups (broad SMARTS) is 1. The SMILES string of the molecule is CC/C=C\C/C=C\C/C=C\C/C=C\C/C=C\C/C=C\CCCCC(=O)NC(COP(=O)(O)OCC(O)COC(=O)CCCCCCCCCCCCCC)C(=O)O. The van der Waals surface area contributed by atoms with Crippen LogP contribution in [-0.2, 0) is 32.7 Å². The van der Waals surface area contributed by atoms with Crippen LogP contribution in [0.15, 0.2) is 72.9 Å². The summed E-state index contributed by atoms with van der Waals surface area (Å²) < 4.78 is 26.8. The third kappa shape index (κ3) is 39.5. The number of hydrogen-bond acceptors (Lipinski definition) is 8. The van der Waals surface area contributed by atoms with Crippen molar-refractivity contribution in [3.63, 3.8) is 0 Å². The van der Waals surface area contributed by atoms with Crippen LogP contribution in [0.5, 0.6) is 0 Å². The predicted molar refractivity (Wildman–Crippen MR) is 231 cm³/mol. The second-order valence-electron chi connectivity index (χ2n) is 14.2. The van der Waals surface area contributed by atoms with Gasteiger partial charge in [0.2, 0.25) is 5.91 Å². The summed E-state index contributed by atoms with van der Waals surface area (Å²) in [5.41, 5.74) is 0. The minimum atomic E-state index is -4.77. The Morgan fingerprint density at radius 1 is 0.579 bits per heavy atom. The number of carbonyl (C=O) groups excluding carboxylic acids is 2. The van der Waals surface area contributed by atoms with Gasteiger partial charge in [-0.15, -0.1) is 0 Å². The van der Waals surface area contributed by atoms with Crippen LogP contribution in [0.25, 0.3) is 0 Å². The van der Waals surface area contributed by atoms with Crippen molar-refractivity contribution in [1.82, 2.24) is 5.32 Å². The fourth-order valence-electron chi connectivity index (χ4n) is 5.43. The molecular formula is C45H76NO10P. The molecule has 0 aliphatic carbocycles. The molecule has 4 N–H and O–H groups in total. The predicted octanol–water partition coefficient (Wildman–Crippen LogP) is 10.9. The van der Waals surface area contributed by atoms with E-state index < -0.39 is 57.6 Å². The summed E-state index contributed by atoms with van der Waals surface area (Å²) >= 11 is 0. The molecule has 0 rings (SSSR count). The van der Waals surface area contributed by atoms with Crippen molar-refractivity contribution < 1.29 is 47.8 Å². The van der Waals surface area contributed by atoms with E-state index in [1.54, 1.807) is 0 Å². The standard InChI is InChI=1S/C45H76NO10P/c1-3-5-7-9-11-13-15-17-18-19-20-21-22-23-24-25-26-28-30-32-34-36-43(48)46-42(45(50)51)40-56-57(52,53)55-39-41(47)38-54-44(49)37-35-33-31-29-27-16-14-12-10-8-6-4-2/h5,7,11,13,17-18,20-21,23-24,26,28,41-42,47H,3-4,6,8-10,12,14-16,19,22,25,27,29-40H2,1-2H3,(H,46,48)(H,50,51)(H,52,53)/b7-5-,13-11-,18-17-,21-20-,24-23-,28-26-. The molecule has 1 amide bonds. The van der Waals surface area contributed by atoms with Crippen LogP contribution in [0, 0.1) is 0 Å². The van der Waals surface area contributed by atoms with Crippen molar-refractivity contribution in [3.8, 4) is 0 Å². The summed E-state index contributed by atoms with van der Waals surface area (Å²) in [6.45, 7) is 2.43. The van der Waals surface area contributed by atoms with E-state index in [2.05, 4.69) is 86.0 Å². The molecule has 3 unspecified atom stereocenters. The molecule has 57 heavy (non-hydrogen) atoms. The summed E-state index contributed by atoms with van der Waals surface area (Å²) in [4.78, 5) is 45.8. The molecule has 326 valence electrons. The van der Waals surface area contributed by atoms with Gasteiger partial charge in [0.25, 0.3) is 0 Å². The van der Waals surface area contributed by atoms with Crippen molar-refractivity contribution in [3.05, 3.63) is 72.9 Å². The lowest BCUT2D eigenvalue weighted by Crippen LogP contribution is -2.43. The zero-order chi connectivity index (χ0) is 42.1. The maximum atomic E-state index is 12.3. The van der Waals surface area contributed by atoms with Crippen LogP contribution >= 0.6 is 7.82 Å². The number of ether oxygens (including phenoxy) is 1. The zero-order valence-electron chi connectivity index (χ0n) is 35.1. The minimum absolute atomic E-state index is 0.0872. The third-order valence-electron chi connectivity index (χ3n) is 8.76. The van der Waals surface area contributed by atoms with Crippen LogP contribution in [0.1, 0.15) is 162 Å². The smallest absolute Gasteiger partial charge is 0.472 e. The Labute approximate surface area is 344 Å². The highest BCUT2D eigenvalue weighted by Gasteiger charge is 2.28. The molecule has 0 aliphatic rings. The topological polar surface area (TPSA) is 169 Å². The van der Waals surface area contributed by atoms with Gasteiger partial charge >= 0.3 is 19.8 Å². The Bertz CT molecular complexity index is 1240. The molecule has 0 aromatic heterocycles. The van der Waals surface area contributed by atoms with E-state index in [4.69, 9.17) is 13.8 Å². The van der Waals surface area contributed by atoms with E-state index >= 15 is 0 Å². The molecule has 11 nitrogen and oxygen atoms in total. The molecule has 0 aliphatic heterocycles. The van der Waals surface area contributed by atoms with Gasteiger partial charge in [0, 0.05) is 12.8 Å². The lowest BCUT2D eigenvalue weighted by atomic mass is 10.0. The van der Waals surface area contributed by atoms with Crippen molar-refractivity contribution in [2.24, 2.45) is 0 Å². The van der Waals surface area contributed by atoms with Gasteiger partial charge in [0.1, 0.15) is 12.7 Å². The Kier molecular flexibility index (Phi) is 37.6. The Morgan fingerprint density at radius 2 is 1.02 bits per heavy atom. The first kappa shape index (κ1) is 53.9. The van der Waals surface area contributed by atoms with Gasteiger partial charge in [-0.2, -0.15) is 0 Å².